The highest BCUT2D eigenvalue weighted by atomic mass is 19.1. The van der Waals surface area contributed by atoms with Crippen LogP contribution in [0.15, 0.2) is 54.7 Å². The number of amides is 2. The largest absolute Gasteiger partial charge is 0.350 e. The van der Waals surface area contributed by atoms with Gasteiger partial charge in [-0.05, 0) is 24.1 Å². The quantitative estimate of drug-likeness (QED) is 0.624. The Hall–Kier alpha value is -3.55. The van der Waals surface area contributed by atoms with E-state index in [2.05, 4.69) is 20.8 Å². The third kappa shape index (κ3) is 4.55. The first-order valence-corrected chi connectivity index (χ1v) is 8.17. The summed E-state index contributed by atoms with van der Waals surface area (Å²) in [6.07, 6.45) is 1.95. The number of hydrogen-bond acceptors (Lipinski definition) is 3. The molecule has 0 aliphatic carbocycles. The zero-order valence-electron chi connectivity index (χ0n) is 14.1. The smallest absolute Gasteiger partial charge is 0.273 e. The van der Waals surface area contributed by atoms with E-state index in [4.69, 9.17) is 0 Å². The molecule has 0 spiro atoms. The van der Waals surface area contributed by atoms with Gasteiger partial charge in [-0.2, -0.15) is 5.10 Å². The summed E-state index contributed by atoms with van der Waals surface area (Å²) in [5.74, 6) is -3.08. The van der Waals surface area contributed by atoms with Crippen molar-refractivity contribution in [1.82, 2.24) is 15.5 Å². The van der Waals surface area contributed by atoms with Gasteiger partial charge in [-0.25, -0.2) is 8.78 Å². The third-order valence-corrected chi connectivity index (χ3v) is 3.82. The minimum Gasteiger partial charge on any atom is -0.350 e. The fourth-order valence-electron chi connectivity index (χ4n) is 2.47. The number of halogens is 2. The monoisotopic (exact) mass is 370 g/mol. The minimum atomic E-state index is -0.996. The molecular weight excluding hydrogens is 354 g/mol. The zero-order chi connectivity index (χ0) is 19.2. The summed E-state index contributed by atoms with van der Waals surface area (Å²) in [7, 11) is 0. The number of H-pyrrole nitrogens is 1. The fraction of sp³-hybridized carbons (Fsp3) is 0.105. The van der Waals surface area contributed by atoms with Crippen molar-refractivity contribution in [2.75, 3.05) is 11.9 Å². The van der Waals surface area contributed by atoms with E-state index in [9.17, 15) is 18.4 Å². The average molecular weight is 370 g/mol. The Bertz CT molecular complexity index is 957. The van der Waals surface area contributed by atoms with Gasteiger partial charge in [0.05, 0.1) is 11.3 Å². The van der Waals surface area contributed by atoms with Crippen molar-refractivity contribution in [1.29, 1.82) is 0 Å². The van der Waals surface area contributed by atoms with Crippen LogP contribution in [0.25, 0.3) is 0 Å². The van der Waals surface area contributed by atoms with Gasteiger partial charge >= 0.3 is 0 Å². The molecule has 0 unspecified atom stereocenters. The molecule has 3 N–H and O–H groups in total. The van der Waals surface area contributed by atoms with Crippen LogP contribution in [0.3, 0.4) is 0 Å². The van der Waals surface area contributed by atoms with Gasteiger partial charge in [-0.15, -0.1) is 0 Å². The van der Waals surface area contributed by atoms with Gasteiger partial charge in [0, 0.05) is 18.8 Å². The molecule has 138 valence electrons. The van der Waals surface area contributed by atoms with Crippen molar-refractivity contribution in [3.63, 3.8) is 0 Å². The molecule has 27 heavy (non-hydrogen) atoms. The van der Waals surface area contributed by atoms with Crippen molar-refractivity contribution in [3.8, 4) is 0 Å². The number of rotatable bonds is 6. The molecule has 0 saturated heterocycles. The Morgan fingerprint density at radius 3 is 2.56 bits per heavy atom. The van der Waals surface area contributed by atoms with Crippen molar-refractivity contribution in [2.45, 2.75) is 6.42 Å². The number of aromatic amines is 1. The lowest BCUT2D eigenvalue weighted by Crippen LogP contribution is -2.27. The molecule has 0 saturated carbocycles. The molecule has 0 aliphatic rings. The molecule has 0 aliphatic heterocycles. The van der Waals surface area contributed by atoms with Gasteiger partial charge in [0.25, 0.3) is 11.8 Å². The highest BCUT2D eigenvalue weighted by molar-refractivity contribution is 6.08. The molecule has 0 bridgehead atoms. The van der Waals surface area contributed by atoms with Crippen molar-refractivity contribution in [2.24, 2.45) is 0 Å². The lowest BCUT2D eigenvalue weighted by molar-refractivity contribution is 0.0950. The van der Waals surface area contributed by atoms with Crippen molar-refractivity contribution >= 4 is 17.5 Å². The molecule has 2 amide bonds. The Balaban J connectivity index is 1.63. The van der Waals surface area contributed by atoms with E-state index >= 15 is 0 Å². The van der Waals surface area contributed by atoms with E-state index in [0.29, 0.717) is 19.0 Å². The van der Waals surface area contributed by atoms with Gasteiger partial charge in [0.1, 0.15) is 11.6 Å². The van der Waals surface area contributed by atoms with Crippen LogP contribution in [-0.2, 0) is 6.42 Å². The highest BCUT2D eigenvalue weighted by Crippen LogP contribution is 2.15. The fourth-order valence-corrected chi connectivity index (χ4v) is 2.47. The number of carbonyl (C=O) groups excluding carboxylic acids is 2. The van der Waals surface area contributed by atoms with E-state index in [-0.39, 0.29) is 16.9 Å². The number of nitrogens with zero attached hydrogens (tertiary/aromatic N) is 1. The van der Waals surface area contributed by atoms with Gasteiger partial charge in [-0.1, -0.05) is 30.3 Å². The maximum absolute atomic E-state index is 13.7. The Morgan fingerprint density at radius 2 is 1.81 bits per heavy atom. The molecule has 0 radical (unpaired) electrons. The summed E-state index contributed by atoms with van der Waals surface area (Å²) in [6, 6.07) is 12.2. The molecule has 0 atom stereocenters. The second-order valence-electron chi connectivity index (χ2n) is 5.72. The Labute approximate surface area is 153 Å². The topological polar surface area (TPSA) is 86.9 Å². The number of benzene rings is 2. The molecule has 6 nitrogen and oxygen atoms in total. The average Bonchev–Trinajstić information content (AvgIpc) is 3.10. The molecule has 0 fully saturated rings. The van der Waals surface area contributed by atoms with E-state index in [1.165, 1.54) is 6.20 Å². The maximum atomic E-state index is 13.7. The molecule has 1 heterocycles. The van der Waals surface area contributed by atoms with Crippen LogP contribution in [0.4, 0.5) is 14.5 Å². The molecule has 3 aromatic rings. The van der Waals surface area contributed by atoms with Gasteiger partial charge < -0.3 is 10.6 Å². The highest BCUT2D eigenvalue weighted by Gasteiger charge is 2.19. The van der Waals surface area contributed by atoms with Gasteiger partial charge in [-0.3, -0.25) is 14.7 Å². The molecule has 1 aromatic heterocycles. The Morgan fingerprint density at radius 1 is 1.04 bits per heavy atom. The van der Waals surface area contributed by atoms with Crippen LogP contribution in [0.5, 0.6) is 0 Å². The van der Waals surface area contributed by atoms with E-state index < -0.39 is 23.4 Å². The standard InChI is InChI=1S/C19H16F2N4O2/c20-13-6-7-14(15(21)10-13)18(26)24-16-11-23-25-17(16)19(27)22-9-8-12-4-2-1-3-5-12/h1-7,10-11H,8-9H2,(H,22,27)(H,23,25)(H,24,26). The summed E-state index contributed by atoms with van der Waals surface area (Å²) >= 11 is 0. The second-order valence-corrected chi connectivity index (χ2v) is 5.72. The van der Waals surface area contributed by atoms with Crippen LogP contribution >= 0.6 is 0 Å². The molecule has 8 heteroatoms. The predicted octanol–water partition coefficient (Wildman–Crippen LogP) is 2.91. The second kappa shape index (κ2) is 8.22. The SMILES string of the molecule is O=C(Nc1c[nH]nc1C(=O)NCCc1ccccc1)c1ccc(F)cc1F. The van der Waals surface area contributed by atoms with Crippen LogP contribution in [-0.4, -0.2) is 28.6 Å². The van der Waals surface area contributed by atoms with E-state index in [0.717, 1.165) is 17.7 Å². The first-order chi connectivity index (χ1) is 13.0. The summed E-state index contributed by atoms with van der Waals surface area (Å²) in [5, 5.41) is 11.4. The number of nitrogens with one attached hydrogen (secondary N) is 3. The summed E-state index contributed by atoms with van der Waals surface area (Å²) in [5.41, 5.74) is 0.799. The van der Waals surface area contributed by atoms with Crippen LogP contribution < -0.4 is 10.6 Å². The number of anilines is 1. The van der Waals surface area contributed by atoms with E-state index in [1.807, 2.05) is 30.3 Å². The lowest BCUT2D eigenvalue weighted by Gasteiger charge is -2.07. The first kappa shape index (κ1) is 18.2. The predicted molar refractivity (Wildman–Crippen MR) is 95.4 cm³/mol. The third-order valence-electron chi connectivity index (χ3n) is 3.82. The normalized spacial score (nSPS) is 10.4. The number of carbonyl (C=O) groups is 2. The van der Waals surface area contributed by atoms with Crippen LogP contribution in [0.1, 0.15) is 26.4 Å². The summed E-state index contributed by atoms with van der Waals surface area (Å²) in [6.45, 7) is 0.385. The van der Waals surface area contributed by atoms with Crippen molar-refractivity contribution in [3.05, 3.63) is 83.2 Å². The lowest BCUT2D eigenvalue weighted by atomic mass is 10.1. The minimum absolute atomic E-state index is 0.0288. The zero-order valence-corrected chi connectivity index (χ0v) is 14.1. The summed E-state index contributed by atoms with van der Waals surface area (Å²) in [4.78, 5) is 24.4. The molecular formula is C19H16F2N4O2. The van der Waals surface area contributed by atoms with E-state index in [1.54, 1.807) is 0 Å². The van der Waals surface area contributed by atoms with Crippen LogP contribution in [0, 0.1) is 11.6 Å². The van der Waals surface area contributed by atoms with Gasteiger partial charge in [0.15, 0.2) is 5.69 Å². The summed E-state index contributed by atoms with van der Waals surface area (Å²) < 4.78 is 26.7. The molecule has 3 rings (SSSR count). The Kier molecular flexibility index (Phi) is 5.55. The number of hydrogen-bond donors (Lipinski definition) is 3. The molecule has 2 aromatic carbocycles. The van der Waals surface area contributed by atoms with Crippen LogP contribution in [0.2, 0.25) is 0 Å². The maximum Gasteiger partial charge on any atom is 0.273 e. The van der Waals surface area contributed by atoms with Gasteiger partial charge in [0.2, 0.25) is 0 Å². The van der Waals surface area contributed by atoms with Crippen molar-refractivity contribution < 1.29 is 18.4 Å². The first-order valence-electron chi connectivity index (χ1n) is 8.17. The number of aromatic nitrogens is 2.